The summed E-state index contributed by atoms with van der Waals surface area (Å²) >= 11 is 0. The molecule has 27 heavy (non-hydrogen) atoms. The molecule has 2 aromatic rings. The maximum Gasteiger partial charge on any atom is 0.268 e. The molecule has 2 fully saturated rings. The molecule has 1 saturated heterocycles. The molecule has 0 radical (unpaired) electrons. The summed E-state index contributed by atoms with van der Waals surface area (Å²) in [5.74, 6) is 0.852. The summed E-state index contributed by atoms with van der Waals surface area (Å²) in [6.45, 7) is 2.00. The van der Waals surface area contributed by atoms with Crippen LogP contribution in [0.25, 0.3) is 0 Å². The quantitative estimate of drug-likeness (QED) is 0.766. The Hall–Kier alpha value is -2.97. The van der Waals surface area contributed by atoms with E-state index in [1.807, 2.05) is 0 Å². The summed E-state index contributed by atoms with van der Waals surface area (Å²) in [5.41, 5.74) is 0.308. The molecule has 0 aromatic carbocycles. The van der Waals surface area contributed by atoms with Crippen LogP contribution in [0.4, 0.5) is 5.69 Å². The predicted molar refractivity (Wildman–Crippen MR) is 99.0 cm³/mol. The van der Waals surface area contributed by atoms with Crippen molar-refractivity contribution >= 4 is 11.6 Å². The lowest BCUT2D eigenvalue weighted by Crippen LogP contribution is -2.34. The van der Waals surface area contributed by atoms with Gasteiger partial charge in [0.2, 0.25) is 0 Å². The fraction of sp³-hybridized carbons (Fsp3) is 0.500. The minimum atomic E-state index is -0.403. The number of rotatable bonds is 5. The molecule has 1 saturated carbocycles. The Morgan fingerprint density at radius 2 is 2.11 bits per heavy atom. The first-order chi connectivity index (χ1) is 13.0. The highest BCUT2D eigenvalue weighted by atomic mass is 16.2. The van der Waals surface area contributed by atoms with Gasteiger partial charge in [-0.2, -0.15) is 5.10 Å². The molecule has 1 aliphatic heterocycles. The van der Waals surface area contributed by atoms with Crippen LogP contribution < -0.4 is 21.3 Å². The smallest absolute Gasteiger partial charge is 0.268 e. The number of nitrogens with one attached hydrogen (secondary N) is 2. The molecule has 2 N–H and O–H groups in total. The summed E-state index contributed by atoms with van der Waals surface area (Å²) in [7, 11) is 1.61. The summed E-state index contributed by atoms with van der Waals surface area (Å²) < 4.78 is 1.29. The Balaban J connectivity index is 1.34. The highest BCUT2D eigenvalue weighted by molar-refractivity contribution is 5.93. The highest BCUT2D eigenvalue weighted by Gasteiger charge is 2.27. The minimum Gasteiger partial charge on any atom is -0.370 e. The molecule has 1 amide bonds. The molecule has 2 aliphatic rings. The zero-order valence-electron chi connectivity index (χ0n) is 15.1. The van der Waals surface area contributed by atoms with Crippen molar-refractivity contribution in [1.29, 1.82) is 0 Å². The number of amides is 1. The summed E-state index contributed by atoms with van der Waals surface area (Å²) in [6.07, 6.45) is 6.01. The first-order valence-electron chi connectivity index (χ1n) is 9.17. The van der Waals surface area contributed by atoms with Crippen molar-refractivity contribution in [3.8, 4) is 0 Å². The van der Waals surface area contributed by atoms with E-state index >= 15 is 0 Å². The van der Waals surface area contributed by atoms with E-state index in [1.54, 1.807) is 19.3 Å². The number of carbonyl (C=O) groups is 1. The van der Waals surface area contributed by atoms with Crippen molar-refractivity contribution in [3.63, 3.8) is 0 Å². The highest BCUT2D eigenvalue weighted by Crippen LogP contribution is 2.37. The van der Waals surface area contributed by atoms with Crippen LogP contribution in [0.1, 0.15) is 41.4 Å². The fourth-order valence-electron chi connectivity index (χ4n) is 3.33. The molecule has 0 bridgehead atoms. The van der Waals surface area contributed by atoms with Crippen molar-refractivity contribution in [1.82, 2.24) is 25.1 Å². The van der Waals surface area contributed by atoms with Crippen molar-refractivity contribution in [2.75, 3.05) is 24.5 Å². The van der Waals surface area contributed by atoms with Crippen molar-refractivity contribution in [2.45, 2.75) is 25.2 Å². The Kier molecular flexibility index (Phi) is 4.51. The summed E-state index contributed by atoms with van der Waals surface area (Å²) in [6, 6.07) is 1.57. The van der Waals surface area contributed by atoms with Gasteiger partial charge in [0.1, 0.15) is 11.4 Å². The number of aromatic nitrogens is 4. The lowest BCUT2D eigenvalue weighted by atomic mass is 10.1. The third-order valence-electron chi connectivity index (χ3n) is 5.18. The van der Waals surface area contributed by atoms with Crippen LogP contribution in [-0.2, 0) is 7.05 Å². The lowest BCUT2D eigenvalue weighted by Gasteiger charge is -2.18. The van der Waals surface area contributed by atoms with Gasteiger partial charge in [0, 0.05) is 44.9 Å². The number of carbonyl (C=O) groups excluding carboxylic acids is 1. The third-order valence-corrected chi connectivity index (χ3v) is 5.18. The number of anilines is 1. The zero-order chi connectivity index (χ0) is 19.0. The number of aromatic amines is 1. The first kappa shape index (κ1) is 17.4. The average Bonchev–Trinajstić information content (AvgIpc) is 3.40. The lowest BCUT2D eigenvalue weighted by molar-refractivity contribution is 0.0946. The normalized spacial score (nSPS) is 19.3. The van der Waals surface area contributed by atoms with Crippen molar-refractivity contribution < 1.29 is 4.79 Å². The second-order valence-electron chi connectivity index (χ2n) is 7.27. The Bertz CT molecular complexity index is 978. The molecule has 3 heterocycles. The maximum atomic E-state index is 12.3. The van der Waals surface area contributed by atoms with E-state index in [0.717, 1.165) is 38.0 Å². The van der Waals surface area contributed by atoms with Gasteiger partial charge in [0.15, 0.2) is 0 Å². The summed E-state index contributed by atoms with van der Waals surface area (Å²) in [4.78, 5) is 45.2. The topological polar surface area (TPSA) is 113 Å². The van der Waals surface area contributed by atoms with Gasteiger partial charge in [-0.15, -0.1) is 0 Å². The molecule has 9 heteroatoms. The monoisotopic (exact) mass is 370 g/mol. The largest absolute Gasteiger partial charge is 0.370 e. The van der Waals surface area contributed by atoms with Gasteiger partial charge in [-0.25, -0.2) is 9.67 Å². The average molecular weight is 370 g/mol. The van der Waals surface area contributed by atoms with Crippen LogP contribution in [-0.4, -0.2) is 45.3 Å². The predicted octanol–water partition coefficient (Wildman–Crippen LogP) is -0.00270. The second-order valence-corrected chi connectivity index (χ2v) is 7.27. The molecular formula is C18H22N6O3. The van der Waals surface area contributed by atoms with E-state index < -0.39 is 5.91 Å². The van der Waals surface area contributed by atoms with E-state index in [4.69, 9.17) is 0 Å². The molecule has 1 aliphatic carbocycles. The van der Waals surface area contributed by atoms with Crippen LogP contribution in [0.5, 0.6) is 0 Å². The maximum absolute atomic E-state index is 12.3. The fourth-order valence-corrected chi connectivity index (χ4v) is 3.33. The van der Waals surface area contributed by atoms with Crippen LogP contribution >= 0.6 is 0 Å². The van der Waals surface area contributed by atoms with Crippen molar-refractivity contribution in [3.05, 3.63) is 50.6 Å². The van der Waals surface area contributed by atoms with E-state index in [2.05, 4.69) is 25.3 Å². The van der Waals surface area contributed by atoms with Gasteiger partial charge in [-0.3, -0.25) is 14.4 Å². The SMILES string of the molecule is Cn1ncc(N2CC[C@H](CNC(=O)c3cnc(C4CC4)[nH]c3=O)C2)cc1=O. The third kappa shape index (κ3) is 3.76. The Morgan fingerprint density at radius 3 is 2.81 bits per heavy atom. The van der Waals surface area contributed by atoms with Gasteiger partial charge < -0.3 is 15.2 Å². The van der Waals surface area contributed by atoms with Crippen molar-refractivity contribution in [2.24, 2.45) is 13.0 Å². The molecule has 4 rings (SSSR count). The van der Waals surface area contributed by atoms with Gasteiger partial charge in [0.05, 0.1) is 11.9 Å². The first-order valence-corrected chi connectivity index (χ1v) is 9.17. The number of hydrogen-bond donors (Lipinski definition) is 2. The number of nitrogens with zero attached hydrogens (tertiary/aromatic N) is 4. The van der Waals surface area contributed by atoms with Crippen LogP contribution in [0.15, 0.2) is 28.0 Å². The van der Waals surface area contributed by atoms with E-state index in [-0.39, 0.29) is 22.6 Å². The van der Waals surface area contributed by atoms with E-state index in [0.29, 0.717) is 18.3 Å². The second kappa shape index (κ2) is 6.98. The number of hydrogen-bond acceptors (Lipinski definition) is 6. The van der Waals surface area contributed by atoms with Crippen LogP contribution in [0, 0.1) is 5.92 Å². The van der Waals surface area contributed by atoms with Gasteiger partial charge >= 0.3 is 0 Å². The van der Waals surface area contributed by atoms with Crippen LogP contribution in [0.3, 0.4) is 0 Å². The zero-order valence-corrected chi connectivity index (χ0v) is 15.1. The molecule has 0 spiro atoms. The number of H-pyrrole nitrogens is 1. The standard InChI is InChI=1S/C18H22N6O3/c1-23-15(25)6-13(8-21-23)24-5-4-11(10-24)7-20-17(26)14-9-19-16(12-2-3-12)22-18(14)27/h6,8-9,11-12H,2-5,7,10H2,1H3,(H,20,26)(H,19,22,27)/t11-/m1/s1. The van der Waals surface area contributed by atoms with Gasteiger partial charge in [0.25, 0.3) is 17.0 Å². The van der Waals surface area contributed by atoms with Gasteiger partial charge in [-0.1, -0.05) is 0 Å². The molecule has 0 unspecified atom stereocenters. The molecule has 2 aromatic heterocycles. The molecule has 9 nitrogen and oxygen atoms in total. The molecule has 142 valence electrons. The van der Waals surface area contributed by atoms with Crippen LogP contribution in [0.2, 0.25) is 0 Å². The Morgan fingerprint density at radius 1 is 1.30 bits per heavy atom. The van der Waals surface area contributed by atoms with E-state index in [1.165, 1.54) is 10.9 Å². The van der Waals surface area contributed by atoms with E-state index in [9.17, 15) is 14.4 Å². The summed E-state index contributed by atoms with van der Waals surface area (Å²) in [5, 5.41) is 6.87. The molecular weight excluding hydrogens is 348 g/mol. The molecule has 1 atom stereocenters. The number of aryl methyl sites for hydroxylation is 1. The van der Waals surface area contributed by atoms with Gasteiger partial charge in [-0.05, 0) is 25.2 Å². The minimum absolute atomic E-state index is 0.0463. The Labute approximate surface area is 155 Å².